The summed E-state index contributed by atoms with van der Waals surface area (Å²) < 4.78 is 0. The third kappa shape index (κ3) is 1.22. The predicted octanol–water partition coefficient (Wildman–Crippen LogP) is 2.18. The normalized spacial score (nSPS) is 9.92. The van der Waals surface area contributed by atoms with E-state index in [-0.39, 0.29) is 0 Å². The van der Waals surface area contributed by atoms with E-state index < -0.39 is 0 Å². The predicted molar refractivity (Wildman–Crippen MR) is 48.9 cm³/mol. The molecular formula is C8H4ClN3O. The van der Waals surface area contributed by atoms with Crippen molar-refractivity contribution in [2.24, 2.45) is 4.99 Å². The highest BCUT2D eigenvalue weighted by atomic mass is 35.5. The van der Waals surface area contributed by atoms with Crippen molar-refractivity contribution in [1.29, 1.82) is 0 Å². The highest BCUT2D eigenvalue weighted by Gasteiger charge is 2.06. The lowest BCUT2D eigenvalue weighted by Gasteiger charge is -1.90. The Morgan fingerprint density at radius 3 is 3.15 bits per heavy atom. The third-order valence-corrected chi connectivity index (χ3v) is 1.98. The van der Waals surface area contributed by atoms with Gasteiger partial charge in [0.05, 0.1) is 15.9 Å². The minimum atomic E-state index is 0.343. The molecule has 0 radical (unpaired) electrons. The summed E-state index contributed by atoms with van der Waals surface area (Å²) in [5.74, 6) is 0.343. The Balaban J connectivity index is 2.85. The quantitative estimate of drug-likeness (QED) is 0.558. The van der Waals surface area contributed by atoms with Crippen molar-refractivity contribution < 1.29 is 4.79 Å². The fourth-order valence-electron chi connectivity index (χ4n) is 1.14. The van der Waals surface area contributed by atoms with E-state index in [0.29, 0.717) is 21.7 Å². The first kappa shape index (κ1) is 7.98. The smallest absolute Gasteiger partial charge is 0.242 e. The van der Waals surface area contributed by atoms with E-state index in [9.17, 15) is 4.79 Å². The number of aromatic amines is 1. The van der Waals surface area contributed by atoms with E-state index in [1.807, 2.05) is 0 Å². The zero-order valence-corrected chi connectivity index (χ0v) is 7.17. The number of hydrogen-bond acceptors (Lipinski definition) is 3. The molecule has 0 aliphatic carbocycles. The molecule has 64 valence electrons. The van der Waals surface area contributed by atoms with Crippen LogP contribution in [-0.4, -0.2) is 16.3 Å². The number of nitrogens with zero attached hydrogens (tertiary/aromatic N) is 2. The Kier molecular flexibility index (Phi) is 1.85. The van der Waals surface area contributed by atoms with E-state index in [1.165, 1.54) is 6.08 Å². The Bertz CT molecular complexity index is 499. The topological polar surface area (TPSA) is 58.1 Å². The molecule has 2 aromatic rings. The van der Waals surface area contributed by atoms with Crippen LogP contribution in [0.25, 0.3) is 10.9 Å². The molecule has 0 aliphatic heterocycles. The molecule has 0 spiro atoms. The molecule has 1 aromatic carbocycles. The van der Waals surface area contributed by atoms with Crippen LogP contribution in [0, 0.1) is 0 Å². The van der Waals surface area contributed by atoms with Crippen molar-refractivity contribution >= 4 is 34.4 Å². The molecule has 0 saturated carbocycles. The van der Waals surface area contributed by atoms with Gasteiger partial charge in [-0.3, -0.25) is 5.10 Å². The van der Waals surface area contributed by atoms with Gasteiger partial charge in [0.1, 0.15) is 0 Å². The molecule has 4 nitrogen and oxygen atoms in total. The number of aliphatic imine (C=N–C) groups is 1. The maximum absolute atomic E-state index is 10.0. The van der Waals surface area contributed by atoms with Crippen molar-refractivity contribution in [3.8, 4) is 0 Å². The van der Waals surface area contributed by atoms with E-state index >= 15 is 0 Å². The van der Waals surface area contributed by atoms with Crippen LogP contribution in [0.5, 0.6) is 0 Å². The number of isocyanates is 1. The summed E-state index contributed by atoms with van der Waals surface area (Å²) >= 11 is 5.89. The minimum Gasteiger partial charge on any atom is -0.259 e. The van der Waals surface area contributed by atoms with E-state index in [2.05, 4.69) is 15.2 Å². The van der Waals surface area contributed by atoms with Crippen molar-refractivity contribution in [1.82, 2.24) is 10.2 Å². The number of aromatic nitrogens is 2. The SMILES string of the molecule is O=C=Nc1[nH]nc2cccc(Cl)c12. The zero-order chi connectivity index (χ0) is 9.26. The van der Waals surface area contributed by atoms with Gasteiger partial charge in [-0.05, 0) is 12.1 Å². The highest BCUT2D eigenvalue weighted by Crippen LogP contribution is 2.29. The number of H-pyrrole nitrogens is 1. The van der Waals surface area contributed by atoms with E-state index in [1.54, 1.807) is 18.2 Å². The molecule has 0 unspecified atom stereocenters. The van der Waals surface area contributed by atoms with Crippen LogP contribution in [0.4, 0.5) is 5.82 Å². The molecule has 1 N–H and O–H groups in total. The average molecular weight is 194 g/mol. The van der Waals surface area contributed by atoms with Crippen LogP contribution in [0.2, 0.25) is 5.02 Å². The van der Waals surface area contributed by atoms with Crippen LogP contribution in [0.1, 0.15) is 0 Å². The summed E-state index contributed by atoms with van der Waals surface area (Å²) in [7, 11) is 0. The number of halogens is 1. The number of hydrogen-bond donors (Lipinski definition) is 1. The molecule has 13 heavy (non-hydrogen) atoms. The number of carbonyl (C=O) groups excluding carboxylic acids is 1. The van der Waals surface area contributed by atoms with E-state index in [4.69, 9.17) is 11.6 Å². The summed E-state index contributed by atoms with van der Waals surface area (Å²) in [6, 6.07) is 5.27. The summed E-state index contributed by atoms with van der Waals surface area (Å²) in [6.07, 6.45) is 1.43. The largest absolute Gasteiger partial charge is 0.259 e. The number of benzene rings is 1. The first-order valence-corrected chi connectivity index (χ1v) is 3.91. The van der Waals surface area contributed by atoms with Gasteiger partial charge in [0.2, 0.25) is 6.08 Å². The van der Waals surface area contributed by atoms with Crippen molar-refractivity contribution in [3.63, 3.8) is 0 Å². The van der Waals surface area contributed by atoms with Crippen molar-refractivity contribution in [3.05, 3.63) is 23.2 Å². The zero-order valence-electron chi connectivity index (χ0n) is 6.41. The van der Waals surface area contributed by atoms with Crippen LogP contribution in [-0.2, 0) is 4.79 Å². The maximum atomic E-state index is 10.0. The van der Waals surface area contributed by atoms with Gasteiger partial charge in [0.25, 0.3) is 0 Å². The fourth-order valence-corrected chi connectivity index (χ4v) is 1.40. The lowest BCUT2D eigenvalue weighted by atomic mass is 10.2. The first-order valence-electron chi connectivity index (χ1n) is 3.53. The third-order valence-electron chi connectivity index (χ3n) is 1.67. The van der Waals surface area contributed by atoms with E-state index in [0.717, 1.165) is 0 Å². The summed E-state index contributed by atoms with van der Waals surface area (Å²) in [4.78, 5) is 13.5. The van der Waals surface area contributed by atoms with Crippen LogP contribution >= 0.6 is 11.6 Å². The first-order chi connectivity index (χ1) is 6.33. The van der Waals surface area contributed by atoms with Crippen LogP contribution < -0.4 is 0 Å². The van der Waals surface area contributed by atoms with Gasteiger partial charge in [-0.1, -0.05) is 17.7 Å². The fraction of sp³-hybridized carbons (Fsp3) is 0. The molecular weight excluding hydrogens is 190 g/mol. The molecule has 0 saturated heterocycles. The van der Waals surface area contributed by atoms with Gasteiger partial charge in [-0.2, -0.15) is 5.10 Å². The van der Waals surface area contributed by atoms with Gasteiger partial charge in [-0.15, -0.1) is 4.99 Å². The lowest BCUT2D eigenvalue weighted by Crippen LogP contribution is -1.68. The Morgan fingerprint density at radius 1 is 1.54 bits per heavy atom. The molecule has 5 heteroatoms. The summed E-state index contributed by atoms with van der Waals surface area (Å²) in [5, 5.41) is 7.67. The molecule has 0 bridgehead atoms. The molecule has 1 heterocycles. The van der Waals surface area contributed by atoms with Crippen molar-refractivity contribution in [2.75, 3.05) is 0 Å². The summed E-state index contributed by atoms with van der Waals surface area (Å²) in [6.45, 7) is 0. The summed E-state index contributed by atoms with van der Waals surface area (Å²) in [5.41, 5.74) is 0.682. The molecule has 0 atom stereocenters. The van der Waals surface area contributed by atoms with Crippen LogP contribution in [0.15, 0.2) is 23.2 Å². The van der Waals surface area contributed by atoms with Gasteiger partial charge < -0.3 is 0 Å². The molecule has 0 aliphatic rings. The average Bonchev–Trinajstić information content (AvgIpc) is 2.51. The molecule has 2 rings (SSSR count). The molecule has 1 aromatic heterocycles. The van der Waals surface area contributed by atoms with Gasteiger partial charge >= 0.3 is 0 Å². The molecule has 0 amide bonds. The number of nitrogens with one attached hydrogen (secondary N) is 1. The Labute approximate surface area is 78.2 Å². The lowest BCUT2D eigenvalue weighted by molar-refractivity contribution is 0.565. The standard InChI is InChI=1S/C8H4ClN3O/c9-5-2-1-3-6-7(5)8(10-4-13)12-11-6/h1-3H,(H,11,12). The molecule has 0 fully saturated rings. The maximum Gasteiger partial charge on any atom is 0.242 e. The Morgan fingerprint density at radius 2 is 2.38 bits per heavy atom. The monoisotopic (exact) mass is 193 g/mol. The second kappa shape index (κ2) is 3.01. The van der Waals surface area contributed by atoms with Crippen LogP contribution in [0.3, 0.4) is 0 Å². The highest BCUT2D eigenvalue weighted by molar-refractivity contribution is 6.36. The Hall–Kier alpha value is -1.64. The van der Waals surface area contributed by atoms with Crippen molar-refractivity contribution in [2.45, 2.75) is 0 Å². The van der Waals surface area contributed by atoms with Gasteiger partial charge in [-0.25, -0.2) is 4.79 Å². The van der Waals surface area contributed by atoms with Gasteiger partial charge in [0.15, 0.2) is 5.82 Å². The number of rotatable bonds is 1. The minimum absolute atomic E-state index is 0.343. The second-order valence-electron chi connectivity index (χ2n) is 2.41. The van der Waals surface area contributed by atoms with Gasteiger partial charge in [0, 0.05) is 0 Å². The second-order valence-corrected chi connectivity index (χ2v) is 2.82. The number of fused-ring (bicyclic) bond motifs is 1.